The maximum absolute atomic E-state index is 12.4. The van der Waals surface area contributed by atoms with E-state index in [0.717, 1.165) is 81.5 Å². The number of fused-ring (bicyclic) bond motifs is 10. The molecule has 8 aliphatic rings. The molecule has 8 rings (SSSR count). The van der Waals surface area contributed by atoms with Gasteiger partial charge in [-0.3, -0.25) is 9.59 Å². The Morgan fingerprint density at radius 2 is 1.00 bits per heavy atom. The van der Waals surface area contributed by atoms with Gasteiger partial charge in [-0.05, 0) is 147 Å². The highest BCUT2D eigenvalue weighted by Gasteiger charge is 2.60. The minimum Gasteiger partial charge on any atom is -0.393 e. The first-order valence-electron chi connectivity index (χ1n) is 21.3. The van der Waals surface area contributed by atoms with Crippen molar-refractivity contribution in [2.75, 3.05) is 0 Å². The van der Waals surface area contributed by atoms with Crippen molar-refractivity contribution in [2.24, 2.45) is 63.1 Å². The van der Waals surface area contributed by atoms with Crippen molar-refractivity contribution in [1.29, 1.82) is 0 Å². The second-order valence-corrected chi connectivity index (χ2v) is 28.1. The third-order valence-corrected chi connectivity index (χ3v) is 22.6. The summed E-state index contributed by atoms with van der Waals surface area (Å²) < 4.78 is 0. The predicted octanol–water partition coefficient (Wildman–Crippen LogP) is 12.2. The van der Waals surface area contributed by atoms with Gasteiger partial charge in [0.2, 0.25) is 0 Å². The predicted molar refractivity (Wildman–Crippen MR) is 212 cm³/mol. The maximum atomic E-state index is 12.4. The van der Waals surface area contributed by atoms with Crippen LogP contribution in [0.2, 0.25) is 24.7 Å². The summed E-state index contributed by atoms with van der Waals surface area (Å²) in [5.41, 5.74) is 4.07. The summed E-state index contributed by atoms with van der Waals surface area (Å²) in [5.74, 6) is 6.37. The molecule has 0 bridgehead atoms. The molecule has 50 heavy (non-hydrogen) atoms. The highest BCUT2D eigenvalue weighted by molar-refractivity contribution is 6.78. The average Bonchev–Trinajstić information content (AvgIpc) is 3.51. The molecule has 0 aromatic rings. The van der Waals surface area contributed by atoms with Gasteiger partial charge >= 0.3 is 0 Å². The second kappa shape index (κ2) is 13.4. The smallest absolute Gasteiger partial charge is 0.139 e. The number of allylic oxidation sites excluding steroid dienone is 3. The van der Waals surface area contributed by atoms with Crippen LogP contribution in [-0.2, 0) is 9.59 Å². The van der Waals surface area contributed by atoms with Crippen molar-refractivity contribution >= 4 is 19.6 Å². The third-order valence-electron chi connectivity index (χ3n) is 18.1. The number of aliphatic hydroxyl groups excluding tert-OH is 1. The van der Waals surface area contributed by atoms with E-state index in [9.17, 15) is 14.7 Å². The van der Waals surface area contributed by atoms with Crippen LogP contribution in [-0.4, -0.2) is 30.9 Å². The molecule has 0 radical (unpaired) electrons. The molecule has 0 aromatic carbocycles. The summed E-state index contributed by atoms with van der Waals surface area (Å²) in [5, 5.41) is 10.6. The molecule has 6 fully saturated rings. The summed E-state index contributed by atoms with van der Waals surface area (Å²) in [4.78, 5) is 24.8. The molecule has 6 saturated carbocycles. The van der Waals surface area contributed by atoms with Crippen molar-refractivity contribution in [3.05, 3.63) is 23.3 Å². The van der Waals surface area contributed by atoms with Gasteiger partial charge in [-0.2, -0.15) is 0 Å². The van der Waals surface area contributed by atoms with Gasteiger partial charge in [0.25, 0.3) is 0 Å². The number of hydrogen-bond acceptors (Lipinski definition) is 3. The molecular formula is C46H76O3Si. The van der Waals surface area contributed by atoms with Crippen LogP contribution in [0.5, 0.6) is 0 Å². The molecule has 0 spiro atoms. The maximum Gasteiger partial charge on any atom is 0.139 e. The van der Waals surface area contributed by atoms with Gasteiger partial charge in [0.05, 0.1) is 6.10 Å². The van der Waals surface area contributed by atoms with Gasteiger partial charge in [0.15, 0.2) is 0 Å². The van der Waals surface area contributed by atoms with E-state index in [0.29, 0.717) is 45.2 Å². The molecule has 4 heteroatoms. The highest BCUT2D eigenvalue weighted by Crippen LogP contribution is 2.65. The fourth-order valence-corrected chi connectivity index (χ4v) is 13.0. The molecule has 282 valence electrons. The molecule has 8 aliphatic carbocycles. The fraction of sp³-hybridized carbons (Fsp3) is 0.870. The Morgan fingerprint density at radius 3 is 1.44 bits per heavy atom. The molecule has 3 nitrogen and oxygen atoms in total. The van der Waals surface area contributed by atoms with Crippen LogP contribution in [0.4, 0.5) is 0 Å². The van der Waals surface area contributed by atoms with Crippen molar-refractivity contribution in [2.45, 2.75) is 189 Å². The third kappa shape index (κ3) is 6.47. The largest absolute Gasteiger partial charge is 0.393 e. The van der Waals surface area contributed by atoms with Crippen LogP contribution in [0.1, 0.15) is 158 Å². The van der Waals surface area contributed by atoms with E-state index in [2.05, 4.69) is 87.2 Å². The zero-order valence-corrected chi connectivity index (χ0v) is 35.4. The van der Waals surface area contributed by atoms with Gasteiger partial charge in [-0.25, -0.2) is 0 Å². The topological polar surface area (TPSA) is 54.4 Å². The number of carbonyl (C=O) groups is 2. The van der Waals surface area contributed by atoms with E-state index in [1.165, 1.54) is 50.5 Å². The Balaban J connectivity index is 0.000000143. The Hall–Kier alpha value is -1.00. The monoisotopic (exact) mass is 705 g/mol. The van der Waals surface area contributed by atoms with E-state index in [1.54, 1.807) is 5.57 Å². The number of Topliss-reactive ketones (excluding diaryl/α,β-unsaturated/α-hetero) is 2. The SMILES string of the molecule is CC(C)(C)[Si](C)(C)C.C[C@H]1CC[C@@]2(C)C(=CCC3C2CC[C@]2(C)C(=O)CCC32)C1.C[C@]12CC[C@H](O)CC1=CCC1C2CC[C@]2(C)C(=O)CCC12. The molecule has 0 heterocycles. The second-order valence-electron chi connectivity index (χ2n) is 22.1. The lowest BCUT2D eigenvalue weighted by molar-refractivity contribution is -0.132. The van der Waals surface area contributed by atoms with Gasteiger partial charge in [0, 0.05) is 31.7 Å². The normalized spacial score (nSPS) is 46.6. The molecule has 12 atom stereocenters. The lowest BCUT2D eigenvalue weighted by Crippen LogP contribution is -2.50. The molecule has 0 amide bonds. The number of ketones is 2. The van der Waals surface area contributed by atoms with E-state index >= 15 is 0 Å². The standard InChI is InChI=1S/C20H30O.C19H28O2.C7H18Si/c1-13-8-10-19(2)14(12-13)4-5-15-16-6-7-18(21)20(16,3)11-9-17(15)19;1-18-9-7-13(20)11-12(18)3-4-14-15-5-6-17(21)19(15,2)10-8-16(14)18;1-7(2,3)8(4,5)6/h4,13,15-17H,5-12H2,1-3H3;3,13-16,20H,4-11H2,1-2H3;1-6H3/t13-,15?,16?,17?,19-,20-;13-,14?,15?,16?,18-,19-;/m00./s1. The van der Waals surface area contributed by atoms with Crippen LogP contribution in [0.3, 0.4) is 0 Å². The van der Waals surface area contributed by atoms with E-state index < -0.39 is 8.07 Å². The summed E-state index contributed by atoms with van der Waals surface area (Å²) in [6.07, 6.45) is 23.2. The molecule has 1 N–H and O–H groups in total. The zero-order valence-electron chi connectivity index (χ0n) is 34.4. The Labute approximate surface area is 308 Å². The number of rotatable bonds is 0. The minimum atomic E-state index is -0.859. The molecule has 0 aromatic heterocycles. The molecule has 6 unspecified atom stereocenters. The number of carbonyl (C=O) groups excluding carboxylic acids is 2. The Morgan fingerprint density at radius 1 is 0.620 bits per heavy atom. The van der Waals surface area contributed by atoms with Crippen LogP contribution >= 0.6 is 0 Å². The van der Waals surface area contributed by atoms with Gasteiger partial charge in [0.1, 0.15) is 11.6 Å². The Bertz CT molecular complexity index is 1270. The summed E-state index contributed by atoms with van der Waals surface area (Å²) in [6, 6.07) is 0. The van der Waals surface area contributed by atoms with Gasteiger partial charge in [-0.15, -0.1) is 0 Å². The van der Waals surface area contributed by atoms with Crippen LogP contribution in [0.15, 0.2) is 23.3 Å². The fourth-order valence-electron chi connectivity index (χ4n) is 13.0. The average molecular weight is 705 g/mol. The van der Waals surface area contributed by atoms with Crippen LogP contribution in [0.25, 0.3) is 0 Å². The van der Waals surface area contributed by atoms with Crippen molar-refractivity contribution < 1.29 is 14.7 Å². The minimum absolute atomic E-state index is 0.0168. The quantitative estimate of drug-likeness (QED) is 0.202. The van der Waals surface area contributed by atoms with Crippen LogP contribution < -0.4 is 0 Å². The number of aliphatic hydroxyl groups is 1. The lowest BCUT2D eigenvalue weighted by atomic mass is 9.47. The number of hydrogen-bond donors (Lipinski definition) is 1. The van der Waals surface area contributed by atoms with Crippen LogP contribution in [0, 0.1) is 63.1 Å². The molecular weight excluding hydrogens is 629 g/mol. The first-order valence-corrected chi connectivity index (χ1v) is 24.8. The summed E-state index contributed by atoms with van der Waals surface area (Å²) >= 11 is 0. The van der Waals surface area contributed by atoms with Crippen molar-refractivity contribution in [3.8, 4) is 0 Å². The summed E-state index contributed by atoms with van der Waals surface area (Å²) in [7, 11) is -0.859. The van der Waals surface area contributed by atoms with Crippen molar-refractivity contribution in [3.63, 3.8) is 0 Å². The Kier molecular flexibility index (Phi) is 10.4. The molecule has 0 saturated heterocycles. The van der Waals surface area contributed by atoms with Crippen molar-refractivity contribution in [1.82, 2.24) is 0 Å². The van der Waals surface area contributed by atoms with Gasteiger partial charge < -0.3 is 5.11 Å². The first-order chi connectivity index (χ1) is 23.1. The van der Waals surface area contributed by atoms with Gasteiger partial charge in [-0.1, -0.05) is 98.3 Å². The summed E-state index contributed by atoms with van der Waals surface area (Å²) in [6.45, 7) is 26.2. The highest BCUT2D eigenvalue weighted by atomic mass is 28.3. The molecule has 0 aliphatic heterocycles. The van der Waals surface area contributed by atoms with E-state index in [1.807, 2.05) is 0 Å². The van der Waals surface area contributed by atoms with E-state index in [4.69, 9.17) is 0 Å². The zero-order chi connectivity index (χ0) is 36.7. The van der Waals surface area contributed by atoms with E-state index in [-0.39, 0.29) is 16.9 Å². The first kappa shape index (κ1) is 38.7. The lowest BCUT2D eigenvalue weighted by Gasteiger charge is -2.57.